The van der Waals surface area contributed by atoms with Crippen LogP contribution < -0.4 is 0 Å². The molecule has 1 saturated carbocycles. The van der Waals surface area contributed by atoms with Crippen molar-refractivity contribution in [1.82, 2.24) is 9.88 Å². The summed E-state index contributed by atoms with van der Waals surface area (Å²) in [5.74, 6) is 0.321. The summed E-state index contributed by atoms with van der Waals surface area (Å²) in [7, 11) is 0. The molecule has 0 radical (unpaired) electrons. The summed E-state index contributed by atoms with van der Waals surface area (Å²) in [5, 5.41) is 0. The van der Waals surface area contributed by atoms with Gasteiger partial charge in [-0.3, -0.25) is 9.78 Å². The zero-order chi connectivity index (χ0) is 16.4. The van der Waals surface area contributed by atoms with E-state index in [1.54, 1.807) is 24.5 Å². The van der Waals surface area contributed by atoms with Crippen molar-refractivity contribution in [2.24, 2.45) is 0 Å². The molecule has 2 fully saturated rings. The van der Waals surface area contributed by atoms with Crippen LogP contribution in [0.2, 0.25) is 0 Å². The van der Waals surface area contributed by atoms with Crippen molar-refractivity contribution < 1.29 is 18.7 Å². The quantitative estimate of drug-likeness (QED) is 0.861. The molecule has 1 aliphatic carbocycles. The van der Waals surface area contributed by atoms with E-state index in [0.717, 1.165) is 18.4 Å². The average molecular weight is 328 g/mol. The number of rotatable bonds is 4. The van der Waals surface area contributed by atoms with Crippen LogP contribution in [-0.4, -0.2) is 47.2 Å². The fraction of sp³-hybridized carbons (Fsp3) is 0.444. The molecule has 0 spiro atoms. The highest BCUT2D eigenvalue weighted by Crippen LogP contribution is 2.33. The second kappa shape index (κ2) is 6.75. The normalized spacial score (nSPS) is 26.3. The molecule has 3 heterocycles. The Bertz CT molecular complexity index is 674. The van der Waals surface area contributed by atoms with Crippen LogP contribution in [0.5, 0.6) is 0 Å². The number of aromatic nitrogens is 1. The van der Waals surface area contributed by atoms with Crippen LogP contribution in [-0.2, 0) is 16.1 Å². The molecule has 0 aromatic carbocycles. The van der Waals surface area contributed by atoms with Crippen LogP contribution >= 0.6 is 0 Å². The van der Waals surface area contributed by atoms with E-state index in [-0.39, 0.29) is 24.2 Å². The first-order valence-electron chi connectivity index (χ1n) is 8.29. The number of morpholine rings is 1. The van der Waals surface area contributed by atoms with E-state index in [0.29, 0.717) is 25.5 Å². The highest BCUT2D eigenvalue weighted by Gasteiger charge is 2.45. The minimum absolute atomic E-state index is 0.00223. The predicted molar refractivity (Wildman–Crippen MR) is 85.3 cm³/mol. The number of nitrogens with zero attached hydrogens (tertiary/aromatic N) is 2. The van der Waals surface area contributed by atoms with Crippen LogP contribution in [0.15, 0.2) is 47.3 Å². The first-order chi connectivity index (χ1) is 11.8. The zero-order valence-electron chi connectivity index (χ0n) is 13.3. The van der Waals surface area contributed by atoms with Crippen molar-refractivity contribution in [3.63, 3.8) is 0 Å². The molecule has 24 heavy (non-hydrogen) atoms. The molecule has 0 N–H and O–H groups in total. The first-order valence-corrected chi connectivity index (χ1v) is 8.29. The number of hydrogen-bond acceptors (Lipinski definition) is 5. The van der Waals surface area contributed by atoms with E-state index >= 15 is 0 Å². The molecule has 6 nitrogen and oxygen atoms in total. The summed E-state index contributed by atoms with van der Waals surface area (Å²) in [6.07, 6.45) is 6.78. The van der Waals surface area contributed by atoms with E-state index in [9.17, 15) is 4.79 Å². The monoisotopic (exact) mass is 328 g/mol. The summed E-state index contributed by atoms with van der Waals surface area (Å²) in [5.41, 5.74) is 1.04. The Hall–Kier alpha value is -2.18. The number of carbonyl (C=O) groups is 1. The Balaban J connectivity index is 1.42. The lowest BCUT2D eigenvalue weighted by molar-refractivity contribution is -0.108. The van der Waals surface area contributed by atoms with Gasteiger partial charge in [-0.15, -0.1) is 0 Å². The smallest absolute Gasteiger partial charge is 0.289 e. The van der Waals surface area contributed by atoms with Gasteiger partial charge in [-0.1, -0.05) is 6.07 Å². The van der Waals surface area contributed by atoms with Crippen LogP contribution in [0.1, 0.15) is 29.0 Å². The van der Waals surface area contributed by atoms with Gasteiger partial charge < -0.3 is 18.8 Å². The number of pyridine rings is 1. The Kier molecular flexibility index (Phi) is 4.32. The van der Waals surface area contributed by atoms with Crippen molar-refractivity contribution in [3.05, 3.63) is 54.2 Å². The summed E-state index contributed by atoms with van der Waals surface area (Å²) < 4.78 is 17.2. The SMILES string of the molecule is O=C(c1ccco1)N1CCO[C@@H]2[C@H]1CC[C@H]2OCc1cccnc1. The third-order valence-corrected chi connectivity index (χ3v) is 4.72. The molecule has 2 aliphatic rings. The van der Waals surface area contributed by atoms with Crippen molar-refractivity contribution in [2.45, 2.75) is 37.7 Å². The summed E-state index contributed by atoms with van der Waals surface area (Å²) in [4.78, 5) is 18.6. The molecular formula is C18H20N2O4. The van der Waals surface area contributed by atoms with Gasteiger partial charge in [-0.2, -0.15) is 0 Å². The second-order valence-corrected chi connectivity index (χ2v) is 6.17. The van der Waals surface area contributed by atoms with Crippen molar-refractivity contribution in [1.29, 1.82) is 0 Å². The molecule has 2 aromatic rings. The maximum absolute atomic E-state index is 12.6. The third-order valence-electron chi connectivity index (χ3n) is 4.72. The van der Waals surface area contributed by atoms with Gasteiger partial charge in [0, 0.05) is 18.9 Å². The summed E-state index contributed by atoms with van der Waals surface area (Å²) >= 11 is 0. The maximum atomic E-state index is 12.6. The number of amides is 1. The number of furan rings is 1. The number of fused-ring (bicyclic) bond motifs is 1. The molecule has 3 atom stereocenters. The molecule has 4 rings (SSSR count). The van der Waals surface area contributed by atoms with E-state index < -0.39 is 0 Å². The molecule has 6 heteroatoms. The van der Waals surface area contributed by atoms with Gasteiger partial charge in [0.2, 0.25) is 0 Å². The van der Waals surface area contributed by atoms with Crippen LogP contribution in [0, 0.1) is 0 Å². The molecule has 2 aromatic heterocycles. The summed E-state index contributed by atoms with van der Waals surface area (Å²) in [6, 6.07) is 7.39. The molecule has 1 aliphatic heterocycles. The Morgan fingerprint density at radius 2 is 2.29 bits per heavy atom. The van der Waals surface area contributed by atoms with Gasteiger partial charge in [-0.05, 0) is 36.6 Å². The number of hydrogen-bond donors (Lipinski definition) is 0. The van der Waals surface area contributed by atoms with Gasteiger partial charge in [-0.25, -0.2) is 0 Å². The summed E-state index contributed by atoms with van der Waals surface area (Å²) in [6.45, 7) is 1.63. The number of ether oxygens (including phenoxy) is 2. The fourth-order valence-electron chi connectivity index (χ4n) is 3.57. The van der Waals surface area contributed by atoms with Gasteiger partial charge >= 0.3 is 0 Å². The predicted octanol–water partition coefficient (Wildman–Crippen LogP) is 2.26. The molecule has 1 amide bonds. The molecular weight excluding hydrogens is 308 g/mol. The van der Waals surface area contributed by atoms with Crippen LogP contribution in [0.4, 0.5) is 0 Å². The lowest BCUT2D eigenvalue weighted by Gasteiger charge is -2.38. The van der Waals surface area contributed by atoms with Gasteiger partial charge in [0.05, 0.1) is 31.6 Å². The van der Waals surface area contributed by atoms with Crippen LogP contribution in [0.3, 0.4) is 0 Å². The van der Waals surface area contributed by atoms with Crippen molar-refractivity contribution in [2.75, 3.05) is 13.2 Å². The molecule has 1 saturated heterocycles. The van der Waals surface area contributed by atoms with E-state index in [1.807, 2.05) is 17.0 Å². The van der Waals surface area contributed by atoms with Crippen molar-refractivity contribution in [3.8, 4) is 0 Å². The lowest BCUT2D eigenvalue weighted by atomic mass is 10.1. The molecule has 126 valence electrons. The zero-order valence-corrected chi connectivity index (χ0v) is 13.3. The Morgan fingerprint density at radius 1 is 1.33 bits per heavy atom. The van der Waals surface area contributed by atoms with Crippen LogP contribution in [0.25, 0.3) is 0 Å². The van der Waals surface area contributed by atoms with E-state index in [2.05, 4.69) is 4.98 Å². The minimum atomic E-state index is -0.0747. The number of carbonyl (C=O) groups excluding carboxylic acids is 1. The minimum Gasteiger partial charge on any atom is -0.459 e. The van der Waals surface area contributed by atoms with Gasteiger partial charge in [0.1, 0.15) is 6.10 Å². The van der Waals surface area contributed by atoms with Gasteiger partial charge in [0.25, 0.3) is 5.91 Å². The third kappa shape index (κ3) is 2.95. The maximum Gasteiger partial charge on any atom is 0.289 e. The largest absolute Gasteiger partial charge is 0.459 e. The molecule has 0 unspecified atom stereocenters. The van der Waals surface area contributed by atoms with Crippen molar-refractivity contribution >= 4 is 5.91 Å². The first kappa shape index (κ1) is 15.4. The Morgan fingerprint density at radius 3 is 3.08 bits per heavy atom. The fourth-order valence-corrected chi connectivity index (χ4v) is 3.57. The van der Waals surface area contributed by atoms with Gasteiger partial charge in [0.15, 0.2) is 5.76 Å². The lowest BCUT2D eigenvalue weighted by Crippen LogP contribution is -2.53. The Labute approximate surface area is 140 Å². The van der Waals surface area contributed by atoms with E-state index in [4.69, 9.17) is 13.9 Å². The highest BCUT2D eigenvalue weighted by molar-refractivity contribution is 5.91. The topological polar surface area (TPSA) is 64.8 Å². The standard InChI is InChI=1S/C18H20N2O4/c21-18(16-4-2-9-22-16)20-8-10-23-17-14(20)5-6-15(17)24-12-13-3-1-7-19-11-13/h1-4,7,9,11,14-15,17H,5-6,8,10,12H2/t14-,15-,17-/m1/s1. The average Bonchev–Trinajstić information content (AvgIpc) is 3.30. The highest BCUT2D eigenvalue weighted by atomic mass is 16.5. The van der Waals surface area contributed by atoms with E-state index in [1.165, 1.54) is 6.26 Å². The second-order valence-electron chi connectivity index (χ2n) is 6.17. The molecule has 0 bridgehead atoms.